The Morgan fingerprint density at radius 1 is 1.31 bits per heavy atom. The molecule has 0 spiro atoms. The van der Waals surface area contributed by atoms with Crippen molar-refractivity contribution in [1.82, 2.24) is 0 Å². The van der Waals surface area contributed by atoms with Gasteiger partial charge in [0.05, 0.1) is 0 Å². The molecule has 4 N–H and O–H groups in total. The molecule has 0 aliphatic carbocycles. The zero-order valence-corrected chi connectivity index (χ0v) is 12.5. The van der Waals surface area contributed by atoms with E-state index in [4.69, 9.17) is 15.9 Å². The van der Waals surface area contributed by atoms with Crippen molar-refractivity contribution in [1.29, 1.82) is 0 Å². The quantitative estimate of drug-likeness (QED) is 0.718. The van der Waals surface area contributed by atoms with Gasteiger partial charge in [0.1, 0.15) is 6.04 Å². The SMILES string of the molecule is CO.NC(Cc1ccccc1)C(=O)O.[CH3-].[Y]. The number of aliphatic hydroxyl groups is 1. The first-order chi connectivity index (χ1) is 6.70. The number of carboxylic acid groups (broad SMARTS) is 1. The summed E-state index contributed by atoms with van der Waals surface area (Å²) in [5.41, 5.74) is 6.30. The maximum absolute atomic E-state index is 10.4. The van der Waals surface area contributed by atoms with E-state index < -0.39 is 12.0 Å². The number of hydrogen-bond donors (Lipinski definition) is 3. The van der Waals surface area contributed by atoms with Crippen molar-refractivity contribution >= 4 is 5.97 Å². The van der Waals surface area contributed by atoms with E-state index in [2.05, 4.69) is 0 Å². The first-order valence-electron chi connectivity index (χ1n) is 4.17. The van der Waals surface area contributed by atoms with Crippen LogP contribution in [0.5, 0.6) is 0 Å². The maximum Gasteiger partial charge on any atom is 0.320 e. The minimum Gasteiger partial charge on any atom is -0.480 e. The van der Waals surface area contributed by atoms with E-state index in [0.29, 0.717) is 6.42 Å². The van der Waals surface area contributed by atoms with E-state index in [-0.39, 0.29) is 40.1 Å². The summed E-state index contributed by atoms with van der Waals surface area (Å²) < 4.78 is 0. The Morgan fingerprint density at radius 2 is 1.75 bits per heavy atom. The summed E-state index contributed by atoms with van der Waals surface area (Å²) in [6, 6.07) is 8.54. The van der Waals surface area contributed by atoms with Gasteiger partial charge in [-0.15, -0.1) is 0 Å². The molecule has 1 unspecified atom stereocenters. The first-order valence-corrected chi connectivity index (χ1v) is 4.17. The van der Waals surface area contributed by atoms with Crippen LogP contribution < -0.4 is 5.73 Å². The molecule has 1 aromatic carbocycles. The second-order valence-corrected chi connectivity index (χ2v) is 2.63. The second-order valence-electron chi connectivity index (χ2n) is 2.63. The molecule has 16 heavy (non-hydrogen) atoms. The van der Waals surface area contributed by atoms with Crippen LogP contribution >= 0.6 is 0 Å². The smallest absolute Gasteiger partial charge is 0.320 e. The van der Waals surface area contributed by atoms with Crippen LogP contribution in [0.25, 0.3) is 0 Å². The van der Waals surface area contributed by atoms with E-state index in [1.54, 1.807) is 0 Å². The first kappa shape index (κ1) is 21.0. The van der Waals surface area contributed by atoms with Crippen LogP contribution in [0, 0.1) is 7.43 Å². The minimum atomic E-state index is -0.959. The van der Waals surface area contributed by atoms with E-state index in [0.717, 1.165) is 12.7 Å². The molecule has 0 saturated carbocycles. The molecule has 0 aliphatic heterocycles. The number of benzene rings is 1. The third-order valence-corrected chi connectivity index (χ3v) is 1.62. The fraction of sp³-hybridized carbons (Fsp3) is 0.273. The van der Waals surface area contributed by atoms with Crippen molar-refractivity contribution in [2.24, 2.45) is 5.73 Å². The number of nitrogens with two attached hydrogens (primary N) is 1. The number of carbonyl (C=O) groups is 1. The molecule has 0 bridgehead atoms. The molecule has 0 saturated heterocycles. The standard InChI is InChI=1S/C9H11NO2.CH4O.CH3.Y/c10-8(9(11)12)6-7-4-2-1-3-5-7;1-2;;/h1-5,8H,6,10H2,(H,11,12);2H,1H3;1H3;/q;;-1;. The number of rotatable bonds is 3. The predicted molar refractivity (Wildman–Crippen MR) is 60.3 cm³/mol. The van der Waals surface area contributed by atoms with Crippen molar-refractivity contribution in [3.8, 4) is 0 Å². The molecule has 1 rings (SSSR count). The van der Waals surface area contributed by atoms with Gasteiger partial charge >= 0.3 is 5.97 Å². The summed E-state index contributed by atoms with van der Waals surface area (Å²) in [6.07, 6.45) is 0.385. The van der Waals surface area contributed by atoms with Crippen LogP contribution in [0.2, 0.25) is 0 Å². The monoisotopic (exact) mass is 301 g/mol. The van der Waals surface area contributed by atoms with Gasteiger partial charge in [-0.3, -0.25) is 4.79 Å². The van der Waals surface area contributed by atoms with Gasteiger partial charge in [-0.2, -0.15) is 0 Å². The van der Waals surface area contributed by atoms with Crippen LogP contribution in [0.4, 0.5) is 0 Å². The van der Waals surface area contributed by atoms with Gasteiger partial charge in [0.15, 0.2) is 0 Å². The van der Waals surface area contributed by atoms with Crippen molar-refractivity contribution in [3.05, 3.63) is 43.3 Å². The zero-order valence-electron chi connectivity index (χ0n) is 9.63. The molecule has 1 atom stereocenters. The molecular formula is C11H18NO3Y-. The van der Waals surface area contributed by atoms with Gasteiger partial charge in [0, 0.05) is 39.8 Å². The molecule has 4 nitrogen and oxygen atoms in total. The van der Waals surface area contributed by atoms with E-state index in [1.807, 2.05) is 30.3 Å². The third kappa shape index (κ3) is 8.98. The van der Waals surface area contributed by atoms with Gasteiger partial charge in [-0.05, 0) is 12.0 Å². The summed E-state index contributed by atoms with van der Waals surface area (Å²) >= 11 is 0. The van der Waals surface area contributed by atoms with E-state index in [1.165, 1.54) is 0 Å². The molecule has 0 fully saturated rings. The van der Waals surface area contributed by atoms with Crippen molar-refractivity contribution in [2.45, 2.75) is 12.5 Å². The Hall–Kier alpha value is -0.286. The fourth-order valence-electron chi connectivity index (χ4n) is 0.955. The number of aliphatic carboxylic acids is 1. The summed E-state index contributed by atoms with van der Waals surface area (Å²) in [4.78, 5) is 10.4. The Labute approximate surface area is 122 Å². The van der Waals surface area contributed by atoms with Crippen LogP contribution in [0.15, 0.2) is 30.3 Å². The molecule has 0 heterocycles. The van der Waals surface area contributed by atoms with Gasteiger partial charge in [0.2, 0.25) is 0 Å². The molecule has 0 aliphatic rings. The van der Waals surface area contributed by atoms with Crippen molar-refractivity contribution < 1.29 is 47.7 Å². The molecule has 0 aromatic heterocycles. The molecule has 89 valence electrons. The zero-order chi connectivity index (χ0) is 11.0. The van der Waals surface area contributed by atoms with Crippen molar-refractivity contribution in [2.75, 3.05) is 7.11 Å². The van der Waals surface area contributed by atoms with Gasteiger partial charge in [-0.25, -0.2) is 0 Å². The second kappa shape index (κ2) is 12.8. The number of aliphatic hydroxyl groups excluding tert-OH is 1. The van der Waals surface area contributed by atoms with E-state index in [9.17, 15) is 4.79 Å². The van der Waals surface area contributed by atoms with Crippen LogP contribution in [0.3, 0.4) is 0 Å². The van der Waals surface area contributed by atoms with Gasteiger partial charge in [0.25, 0.3) is 0 Å². The number of carboxylic acids is 1. The Kier molecular flexibility index (Phi) is 16.8. The largest absolute Gasteiger partial charge is 0.480 e. The maximum atomic E-state index is 10.4. The van der Waals surface area contributed by atoms with Gasteiger partial charge < -0.3 is 23.4 Å². The predicted octanol–water partition coefficient (Wildman–Crippen LogP) is 0.697. The molecule has 0 amide bonds. The Bertz CT molecular complexity index is 267. The summed E-state index contributed by atoms with van der Waals surface area (Å²) in [5, 5.41) is 15.5. The topological polar surface area (TPSA) is 83.5 Å². The molecular weight excluding hydrogens is 283 g/mol. The average Bonchev–Trinajstić information content (AvgIpc) is 2.22. The Morgan fingerprint density at radius 3 is 2.12 bits per heavy atom. The van der Waals surface area contributed by atoms with Crippen LogP contribution in [0.1, 0.15) is 5.56 Å². The van der Waals surface area contributed by atoms with E-state index >= 15 is 0 Å². The fourth-order valence-corrected chi connectivity index (χ4v) is 0.955. The van der Waals surface area contributed by atoms with Crippen LogP contribution in [-0.4, -0.2) is 29.3 Å². The average molecular weight is 301 g/mol. The number of hydrogen-bond acceptors (Lipinski definition) is 3. The summed E-state index contributed by atoms with van der Waals surface area (Å²) in [5.74, 6) is -0.959. The normalized spacial score (nSPS) is 9.69. The molecule has 1 radical (unpaired) electrons. The minimum absolute atomic E-state index is 0. The molecule has 5 heteroatoms. The third-order valence-electron chi connectivity index (χ3n) is 1.62. The van der Waals surface area contributed by atoms with Crippen molar-refractivity contribution in [3.63, 3.8) is 0 Å². The molecule has 1 aromatic rings. The van der Waals surface area contributed by atoms with Crippen LogP contribution in [-0.2, 0) is 43.9 Å². The van der Waals surface area contributed by atoms with Gasteiger partial charge in [-0.1, -0.05) is 30.3 Å². The summed E-state index contributed by atoms with van der Waals surface area (Å²) in [7, 11) is 1.00. The Balaban J connectivity index is -0.000000399. The summed E-state index contributed by atoms with van der Waals surface area (Å²) in [6.45, 7) is 0.